The highest BCUT2D eigenvalue weighted by Crippen LogP contribution is 2.35. The molecule has 0 spiro atoms. The minimum absolute atomic E-state index is 0.125. The van der Waals surface area contributed by atoms with Gasteiger partial charge in [-0.05, 0) is 51.3 Å². The monoisotopic (exact) mass is 457 g/mol. The fourth-order valence-corrected chi connectivity index (χ4v) is 6.11. The predicted molar refractivity (Wildman–Crippen MR) is 122 cm³/mol. The molecule has 9 heteroatoms. The fraction of sp³-hybridized carbons (Fsp3) is 0.455. The van der Waals surface area contributed by atoms with Gasteiger partial charge in [-0.15, -0.1) is 0 Å². The zero-order valence-electron chi connectivity index (χ0n) is 17.5. The van der Waals surface area contributed by atoms with E-state index < -0.39 is 0 Å². The zero-order valence-corrected chi connectivity index (χ0v) is 19.1. The summed E-state index contributed by atoms with van der Waals surface area (Å²) < 4.78 is 3.33. The van der Waals surface area contributed by atoms with Crippen molar-refractivity contribution in [2.24, 2.45) is 0 Å². The molecular formula is C22H24ClN5O2S. The number of fused-ring (bicyclic) bond motifs is 2. The molecule has 7 nitrogen and oxygen atoms in total. The van der Waals surface area contributed by atoms with Crippen molar-refractivity contribution in [2.75, 3.05) is 5.75 Å². The third-order valence-corrected chi connectivity index (χ3v) is 7.65. The third kappa shape index (κ3) is 3.55. The van der Waals surface area contributed by atoms with Gasteiger partial charge in [-0.25, -0.2) is 9.67 Å². The Balaban J connectivity index is 1.48. The topological polar surface area (TPSA) is 73.0 Å². The molecule has 1 amide bonds. The predicted octanol–water partition coefficient (Wildman–Crippen LogP) is 4.06. The molecule has 2 aromatic heterocycles. The summed E-state index contributed by atoms with van der Waals surface area (Å²) in [6, 6.07) is 7.60. The average molecular weight is 458 g/mol. The summed E-state index contributed by atoms with van der Waals surface area (Å²) in [5.74, 6) is 0.793. The molecule has 1 fully saturated rings. The minimum atomic E-state index is -0.187. The van der Waals surface area contributed by atoms with Gasteiger partial charge in [0.05, 0.1) is 17.9 Å². The van der Waals surface area contributed by atoms with Crippen LogP contribution >= 0.6 is 23.4 Å². The number of benzene rings is 1. The summed E-state index contributed by atoms with van der Waals surface area (Å²) in [4.78, 5) is 33.2. The molecule has 162 valence electrons. The lowest BCUT2D eigenvalue weighted by atomic mass is 9.96. The van der Waals surface area contributed by atoms with Crippen molar-refractivity contribution in [3.63, 3.8) is 0 Å². The van der Waals surface area contributed by atoms with Gasteiger partial charge in [0, 0.05) is 29.3 Å². The Morgan fingerprint density at radius 2 is 2.03 bits per heavy atom. The molecule has 4 heterocycles. The summed E-state index contributed by atoms with van der Waals surface area (Å²) in [5.41, 5.74) is 1.12. The molecule has 0 bridgehead atoms. The maximum Gasteiger partial charge on any atom is 0.265 e. The number of carbonyl (C=O) groups is 1. The van der Waals surface area contributed by atoms with E-state index in [-0.39, 0.29) is 29.6 Å². The van der Waals surface area contributed by atoms with E-state index >= 15 is 0 Å². The molecule has 3 atom stereocenters. The van der Waals surface area contributed by atoms with E-state index in [9.17, 15) is 9.59 Å². The molecule has 31 heavy (non-hydrogen) atoms. The lowest BCUT2D eigenvalue weighted by Crippen LogP contribution is -2.48. The van der Waals surface area contributed by atoms with E-state index in [1.807, 2.05) is 17.0 Å². The number of piperidine rings is 1. The number of aromatic nitrogens is 4. The van der Waals surface area contributed by atoms with Gasteiger partial charge in [-0.2, -0.15) is 5.10 Å². The highest BCUT2D eigenvalue weighted by Gasteiger charge is 2.34. The summed E-state index contributed by atoms with van der Waals surface area (Å²) >= 11 is 7.64. The second-order valence-corrected chi connectivity index (χ2v) is 9.87. The number of thioether (sulfide) groups is 1. The maximum atomic E-state index is 13.3. The second-order valence-electron chi connectivity index (χ2n) is 8.44. The van der Waals surface area contributed by atoms with Crippen LogP contribution in [0.5, 0.6) is 0 Å². The molecule has 1 aromatic carbocycles. The Morgan fingerprint density at radius 1 is 1.26 bits per heavy atom. The van der Waals surface area contributed by atoms with Crippen LogP contribution in [0.1, 0.15) is 45.6 Å². The minimum Gasteiger partial charge on any atom is -0.337 e. The summed E-state index contributed by atoms with van der Waals surface area (Å²) in [7, 11) is 0. The molecule has 5 rings (SSSR count). The third-order valence-electron chi connectivity index (χ3n) is 6.32. The molecule has 0 aliphatic carbocycles. The van der Waals surface area contributed by atoms with Crippen LogP contribution in [0.15, 0.2) is 40.4 Å². The van der Waals surface area contributed by atoms with Gasteiger partial charge in [0.15, 0.2) is 10.8 Å². The first kappa shape index (κ1) is 20.6. The Bertz CT molecular complexity index is 1210. The van der Waals surface area contributed by atoms with Gasteiger partial charge in [0.2, 0.25) is 5.91 Å². The van der Waals surface area contributed by atoms with Crippen LogP contribution in [-0.2, 0) is 4.79 Å². The number of hydrogen-bond donors (Lipinski definition) is 0. The summed E-state index contributed by atoms with van der Waals surface area (Å²) in [5, 5.41) is 6.06. The Morgan fingerprint density at radius 3 is 2.77 bits per heavy atom. The van der Waals surface area contributed by atoms with E-state index in [4.69, 9.17) is 16.6 Å². The van der Waals surface area contributed by atoms with E-state index in [2.05, 4.69) is 18.9 Å². The van der Waals surface area contributed by atoms with E-state index in [1.165, 1.54) is 11.8 Å². The lowest BCUT2D eigenvalue weighted by Gasteiger charge is -2.39. The lowest BCUT2D eigenvalue weighted by molar-refractivity contribution is -0.138. The van der Waals surface area contributed by atoms with Crippen LogP contribution in [0.25, 0.3) is 16.7 Å². The Kier molecular flexibility index (Phi) is 5.30. The van der Waals surface area contributed by atoms with Crippen molar-refractivity contribution < 1.29 is 4.79 Å². The first-order chi connectivity index (χ1) is 14.9. The quantitative estimate of drug-likeness (QED) is 0.554. The number of carbonyl (C=O) groups excluding carboxylic acids is 1. The molecule has 1 saturated heterocycles. The van der Waals surface area contributed by atoms with Crippen LogP contribution in [0, 0.1) is 0 Å². The van der Waals surface area contributed by atoms with Crippen molar-refractivity contribution >= 4 is 40.3 Å². The number of hydrogen-bond acceptors (Lipinski definition) is 5. The van der Waals surface area contributed by atoms with Crippen molar-refractivity contribution in [3.8, 4) is 5.69 Å². The second kappa shape index (κ2) is 7.98. The van der Waals surface area contributed by atoms with Crippen LogP contribution < -0.4 is 5.56 Å². The molecule has 0 saturated carbocycles. The standard InChI is InChI=1S/C22H24ClN5O2S/c1-13-5-3-6-14(2)26(13)19(29)10-17-12-31-22-25-20-18(21(30)27(17)22)11-24-28(20)16-8-4-7-15(23)9-16/h4,7-9,11,13-14,17H,3,5-6,10,12H2,1-2H3. The zero-order chi connectivity index (χ0) is 21.7. The number of likely N-dealkylation sites (tertiary alicyclic amines) is 1. The van der Waals surface area contributed by atoms with E-state index in [1.54, 1.807) is 27.6 Å². The smallest absolute Gasteiger partial charge is 0.265 e. The molecule has 2 aliphatic rings. The van der Waals surface area contributed by atoms with Gasteiger partial charge >= 0.3 is 0 Å². The van der Waals surface area contributed by atoms with Gasteiger partial charge in [-0.3, -0.25) is 14.2 Å². The van der Waals surface area contributed by atoms with Crippen LogP contribution in [0.2, 0.25) is 5.02 Å². The van der Waals surface area contributed by atoms with Crippen molar-refractivity contribution in [3.05, 3.63) is 45.8 Å². The summed E-state index contributed by atoms with van der Waals surface area (Å²) in [6.45, 7) is 4.23. The fourth-order valence-electron chi connectivity index (χ4n) is 4.80. The number of nitrogens with zero attached hydrogens (tertiary/aromatic N) is 5. The van der Waals surface area contributed by atoms with Crippen molar-refractivity contribution in [1.82, 2.24) is 24.2 Å². The molecule has 3 unspecified atom stereocenters. The largest absolute Gasteiger partial charge is 0.337 e. The Labute approximate surface area is 189 Å². The highest BCUT2D eigenvalue weighted by molar-refractivity contribution is 7.99. The maximum absolute atomic E-state index is 13.3. The van der Waals surface area contributed by atoms with E-state index in [0.29, 0.717) is 33.4 Å². The SMILES string of the molecule is CC1CCCC(C)N1C(=O)CC1CSc2nc3c(cnn3-c3cccc(Cl)c3)c(=O)n21. The first-order valence-electron chi connectivity index (χ1n) is 10.6. The number of halogens is 1. The highest BCUT2D eigenvalue weighted by atomic mass is 35.5. The van der Waals surface area contributed by atoms with Gasteiger partial charge in [0.25, 0.3) is 5.56 Å². The molecule has 0 N–H and O–H groups in total. The average Bonchev–Trinajstić information content (AvgIpc) is 3.33. The molecule has 2 aliphatic heterocycles. The summed E-state index contributed by atoms with van der Waals surface area (Å²) in [6.07, 6.45) is 5.11. The normalized spacial score (nSPS) is 23.3. The van der Waals surface area contributed by atoms with Crippen LogP contribution in [0.4, 0.5) is 0 Å². The molecule has 3 aromatic rings. The molecular weight excluding hydrogens is 434 g/mol. The first-order valence-corrected chi connectivity index (χ1v) is 12.0. The Hall–Kier alpha value is -2.32. The van der Waals surface area contributed by atoms with E-state index in [0.717, 1.165) is 24.9 Å². The molecule has 0 radical (unpaired) electrons. The number of rotatable bonds is 3. The van der Waals surface area contributed by atoms with Gasteiger partial charge < -0.3 is 4.90 Å². The van der Waals surface area contributed by atoms with Gasteiger partial charge in [-0.1, -0.05) is 29.4 Å². The number of amides is 1. The van der Waals surface area contributed by atoms with Crippen LogP contribution in [-0.4, -0.2) is 48.0 Å². The van der Waals surface area contributed by atoms with Crippen molar-refractivity contribution in [2.45, 2.75) is 62.8 Å². The van der Waals surface area contributed by atoms with Crippen LogP contribution in [0.3, 0.4) is 0 Å². The van der Waals surface area contributed by atoms with Crippen molar-refractivity contribution in [1.29, 1.82) is 0 Å². The van der Waals surface area contributed by atoms with Gasteiger partial charge in [0.1, 0.15) is 5.39 Å².